The third-order valence-corrected chi connectivity index (χ3v) is 6.78. The Balaban J connectivity index is 1.54. The van der Waals surface area contributed by atoms with E-state index in [1.165, 1.54) is 0 Å². The summed E-state index contributed by atoms with van der Waals surface area (Å²) < 4.78 is 18.8. The number of anilines is 1. The molecule has 1 atom stereocenters. The van der Waals surface area contributed by atoms with E-state index in [9.17, 15) is 4.79 Å². The predicted octanol–water partition coefficient (Wildman–Crippen LogP) is 6.89. The van der Waals surface area contributed by atoms with Crippen LogP contribution >= 0.6 is 0 Å². The van der Waals surface area contributed by atoms with Crippen molar-refractivity contribution in [3.05, 3.63) is 113 Å². The lowest BCUT2D eigenvalue weighted by Gasteiger charge is -2.37. The number of nitrogens with zero attached hydrogens (tertiary/aromatic N) is 1. The molecule has 0 aliphatic carbocycles. The predicted molar refractivity (Wildman–Crippen MR) is 135 cm³/mol. The van der Waals surface area contributed by atoms with E-state index in [-0.39, 0.29) is 5.97 Å². The fourth-order valence-electron chi connectivity index (χ4n) is 5.12. The minimum Gasteiger partial charge on any atom is -0.457 e. The Morgan fingerprint density at radius 1 is 0.743 bits per heavy atom. The number of hydrogen-bond donors (Lipinski definition) is 0. The maximum atomic E-state index is 13.0. The SMILES string of the molecule is CCN(CC)c1ccc2c(c1)Oc1cc(Oc3ccccc3)ccc1C21OC(=O)c2ccccc21. The molecule has 2 heterocycles. The summed E-state index contributed by atoms with van der Waals surface area (Å²) in [5, 5.41) is 0. The summed E-state index contributed by atoms with van der Waals surface area (Å²) in [4.78, 5) is 15.3. The number of para-hydroxylation sites is 1. The van der Waals surface area contributed by atoms with Crippen molar-refractivity contribution in [2.24, 2.45) is 0 Å². The van der Waals surface area contributed by atoms with E-state index in [4.69, 9.17) is 14.2 Å². The van der Waals surface area contributed by atoms with E-state index < -0.39 is 5.60 Å². The molecule has 1 unspecified atom stereocenters. The highest BCUT2D eigenvalue weighted by Crippen LogP contribution is 2.57. The number of hydrogen-bond acceptors (Lipinski definition) is 5. The van der Waals surface area contributed by atoms with Gasteiger partial charge in [-0.1, -0.05) is 36.4 Å². The summed E-state index contributed by atoms with van der Waals surface area (Å²) in [6.07, 6.45) is 0. The van der Waals surface area contributed by atoms with Gasteiger partial charge >= 0.3 is 5.97 Å². The lowest BCUT2D eigenvalue weighted by Crippen LogP contribution is -2.33. The first-order chi connectivity index (χ1) is 17.1. The van der Waals surface area contributed by atoms with Gasteiger partial charge in [0.15, 0.2) is 5.60 Å². The third kappa shape index (κ3) is 3.27. The second-order valence-corrected chi connectivity index (χ2v) is 8.64. The first-order valence-electron chi connectivity index (χ1n) is 11.9. The fraction of sp³-hybridized carbons (Fsp3) is 0.167. The topological polar surface area (TPSA) is 48.0 Å². The summed E-state index contributed by atoms with van der Waals surface area (Å²) in [5.74, 6) is 2.32. The maximum absolute atomic E-state index is 13.0. The Kier molecular flexibility index (Phi) is 4.99. The van der Waals surface area contributed by atoms with Gasteiger partial charge in [-0.3, -0.25) is 0 Å². The highest BCUT2D eigenvalue weighted by Gasteiger charge is 2.53. The van der Waals surface area contributed by atoms with Gasteiger partial charge in [-0.15, -0.1) is 0 Å². The normalized spacial score (nSPS) is 17.1. The molecule has 1 spiro atoms. The second kappa shape index (κ2) is 8.20. The van der Waals surface area contributed by atoms with Gasteiger partial charge in [0.1, 0.15) is 23.0 Å². The van der Waals surface area contributed by atoms with Gasteiger partial charge < -0.3 is 19.1 Å². The van der Waals surface area contributed by atoms with E-state index in [0.717, 1.165) is 41.2 Å². The van der Waals surface area contributed by atoms with Crippen LogP contribution in [0, 0.1) is 0 Å². The molecule has 0 amide bonds. The minimum atomic E-state index is -1.08. The number of ether oxygens (including phenoxy) is 3. The molecule has 5 heteroatoms. The van der Waals surface area contributed by atoms with Crippen LogP contribution in [0.5, 0.6) is 23.0 Å². The lowest BCUT2D eigenvalue weighted by molar-refractivity contribution is 0.0224. The van der Waals surface area contributed by atoms with Crippen LogP contribution in [0.3, 0.4) is 0 Å². The highest BCUT2D eigenvalue weighted by molar-refractivity contribution is 5.97. The van der Waals surface area contributed by atoms with Gasteiger partial charge in [-0.25, -0.2) is 4.79 Å². The van der Waals surface area contributed by atoms with Gasteiger partial charge in [0, 0.05) is 47.6 Å². The van der Waals surface area contributed by atoms with Crippen LogP contribution in [0.1, 0.15) is 40.9 Å². The third-order valence-electron chi connectivity index (χ3n) is 6.78. The molecular weight excluding hydrogens is 438 g/mol. The molecule has 0 N–H and O–H groups in total. The van der Waals surface area contributed by atoms with Crippen molar-refractivity contribution >= 4 is 11.7 Å². The molecule has 0 radical (unpaired) electrons. The van der Waals surface area contributed by atoms with E-state index >= 15 is 0 Å². The molecule has 35 heavy (non-hydrogen) atoms. The van der Waals surface area contributed by atoms with Crippen LogP contribution in [0.2, 0.25) is 0 Å². The number of rotatable bonds is 5. The van der Waals surface area contributed by atoms with Crippen LogP contribution in [-0.2, 0) is 10.3 Å². The first-order valence-corrected chi connectivity index (χ1v) is 11.9. The number of carbonyl (C=O) groups is 1. The van der Waals surface area contributed by atoms with Crippen molar-refractivity contribution in [2.75, 3.05) is 18.0 Å². The largest absolute Gasteiger partial charge is 0.457 e. The molecule has 0 saturated carbocycles. The maximum Gasteiger partial charge on any atom is 0.340 e. The quantitative estimate of drug-likeness (QED) is 0.302. The van der Waals surface area contributed by atoms with Crippen molar-refractivity contribution in [1.29, 1.82) is 0 Å². The molecule has 5 nitrogen and oxygen atoms in total. The van der Waals surface area contributed by atoms with E-state index in [1.54, 1.807) is 0 Å². The molecule has 0 fully saturated rings. The Hall–Kier alpha value is -4.25. The number of carbonyl (C=O) groups excluding carboxylic acids is 1. The van der Waals surface area contributed by atoms with E-state index in [1.807, 2.05) is 84.9 Å². The van der Waals surface area contributed by atoms with Crippen LogP contribution in [0.25, 0.3) is 0 Å². The molecule has 2 aliphatic heterocycles. The molecule has 0 saturated heterocycles. The van der Waals surface area contributed by atoms with Crippen molar-refractivity contribution in [3.63, 3.8) is 0 Å². The fourth-order valence-corrected chi connectivity index (χ4v) is 5.12. The van der Waals surface area contributed by atoms with Crippen molar-refractivity contribution in [3.8, 4) is 23.0 Å². The summed E-state index contributed by atoms with van der Waals surface area (Å²) >= 11 is 0. The summed E-state index contributed by atoms with van der Waals surface area (Å²) in [6.45, 7) is 6.01. The first kappa shape index (κ1) is 21.3. The summed E-state index contributed by atoms with van der Waals surface area (Å²) in [7, 11) is 0. The van der Waals surface area contributed by atoms with Crippen LogP contribution in [0.4, 0.5) is 5.69 Å². The minimum absolute atomic E-state index is 0.336. The van der Waals surface area contributed by atoms with Gasteiger partial charge in [-0.05, 0) is 56.3 Å². The molecular formula is C30H25NO4. The van der Waals surface area contributed by atoms with E-state index in [0.29, 0.717) is 22.8 Å². The van der Waals surface area contributed by atoms with E-state index in [2.05, 4.69) is 24.8 Å². The highest BCUT2D eigenvalue weighted by atomic mass is 16.6. The molecule has 2 aliphatic rings. The summed E-state index contributed by atoms with van der Waals surface area (Å²) in [5.41, 5.74) is 2.97. The molecule has 4 aromatic carbocycles. The molecule has 174 valence electrons. The zero-order chi connectivity index (χ0) is 24.0. The van der Waals surface area contributed by atoms with Crippen molar-refractivity contribution < 1.29 is 19.0 Å². The monoisotopic (exact) mass is 463 g/mol. The van der Waals surface area contributed by atoms with Crippen LogP contribution < -0.4 is 14.4 Å². The van der Waals surface area contributed by atoms with Crippen LogP contribution in [-0.4, -0.2) is 19.1 Å². The molecule has 6 rings (SSSR count). The summed E-state index contributed by atoms with van der Waals surface area (Å²) in [6, 6.07) is 29.0. The molecule has 0 bridgehead atoms. The smallest absolute Gasteiger partial charge is 0.340 e. The van der Waals surface area contributed by atoms with Gasteiger partial charge in [0.05, 0.1) is 5.56 Å². The van der Waals surface area contributed by atoms with Gasteiger partial charge in [-0.2, -0.15) is 0 Å². The Labute approximate surface area is 204 Å². The standard InChI is InChI=1S/C30H25NO4/c1-3-31(4-2)20-14-16-25-27(18-20)34-28-19-22(33-21-10-6-5-7-11-21)15-17-26(28)30(25)24-13-9-8-12-23(24)29(32)35-30/h5-19H,3-4H2,1-2H3. The number of esters is 1. The number of fused-ring (bicyclic) bond motifs is 6. The Bertz CT molecular complexity index is 1430. The second-order valence-electron chi connectivity index (χ2n) is 8.64. The molecule has 0 aromatic heterocycles. The van der Waals surface area contributed by atoms with Crippen molar-refractivity contribution in [1.82, 2.24) is 0 Å². The molecule has 4 aromatic rings. The lowest BCUT2D eigenvalue weighted by atomic mass is 9.77. The zero-order valence-electron chi connectivity index (χ0n) is 19.7. The Morgan fingerprint density at radius 3 is 2.20 bits per heavy atom. The van der Waals surface area contributed by atoms with Gasteiger partial charge in [0.25, 0.3) is 0 Å². The number of benzene rings is 4. The van der Waals surface area contributed by atoms with Crippen LogP contribution in [0.15, 0.2) is 91.0 Å². The zero-order valence-corrected chi connectivity index (χ0v) is 19.7. The van der Waals surface area contributed by atoms with Crippen molar-refractivity contribution in [2.45, 2.75) is 19.4 Å². The van der Waals surface area contributed by atoms with Gasteiger partial charge in [0.2, 0.25) is 0 Å². The average Bonchev–Trinajstić information content (AvgIpc) is 3.18. The average molecular weight is 464 g/mol. The Morgan fingerprint density at radius 2 is 1.43 bits per heavy atom.